The lowest BCUT2D eigenvalue weighted by Gasteiger charge is -2.03. The lowest BCUT2D eigenvalue weighted by Crippen LogP contribution is -1.94. The normalized spacial score (nSPS) is 10.3. The van der Waals surface area contributed by atoms with Crippen molar-refractivity contribution in [2.24, 2.45) is 0 Å². The molecule has 0 aliphatic rings. The predicted molar refractivity (Wildman–Crippen MR) is 67.2 cm³/mol. The third-order valence-electron chi connectivity index (χ3n) is 2.27. The van der Waals surface area contributed by atoms with E-state index in [1.807, 2.05) is 13.8 Å². The average molecular weight is 265 g/mol. The lowest BCUT2D eigenvalue weighted by atomic mass is 10.2. The van der Waals surface area contributed by atoms with Gasteiger partial charge in [0.2, 0.25) is 5.75 Å². The van der Waals surface area contributed by atoms with Gasteiger partial charge in [-0.25, -0.2) is 0 Å². The van der Waals surface area contributed by atoms with Crippen molar-refractivity contribution >= 4 is 17.2 Å². The number of nitro benzene ring substituents is 1. The van der Waals surface area contributed by atoms with Crippen molar-refractivity contribution in [3.8, 4) is 10.9 Å². The van der Waals surface area contributed by atoms with Crippen molar-refractivity contribution in [2.45, 2.75) is 20.3 Å². The second kappa shape index (κ2) is 5.09. The molecule has 94 valence electrons. The van der Waals surface area contributed by atoms with E-state index in [0.29, 0.717) is 17.4 Å². The third kappa shape index (κ3) is 2.62. The van der Waals surface area contributed by atoms with E-state index in [4.69, 9.17) is 4.74 Å². The molecule has 0 bridgehead atoms. The topological polar surface area (TPSA) is 78.2 Å². The van der Waals surface area contributed by atoms with E-state index in [-0.39, 0.29) is 11.4 Å². The zero-order valence-electron chi connectivity index (χ0n) is 9.91. The van der Waals surface area contributed by atoms with Crippen LogP contribution >= 0.6 is 11.5 Å². The Hall–Kier alpha value is -2.02. The molecule has 0 atom stereocenters. The Labute approximate surface area is 108 Å². The lowest BCUT2D eigenvalue weighted by molar-refractivity contribution is -0.385. The van der Waals surface area contributed by atoms with Crippen molar-refractivity contribution in [2.75, 3.05) is 0 Å². The Bertz CT molecular complexity index is 583. The molecule has 2 aromatic rings. The van der Waals surface area contributed by atoms with Crippen molar-refractivity contribution < 1.29 is 9.66 Å². The first-order chi connectivity index (χ1) is 8.60. The highest BCUT2D eigenvalue weighted by Crippen LogP contribution is 2.32. The molecule has 18 heavy (non-hydrogen) atoms. The zero-order valence-corrected chi connectivity index (χ0v) is 10.7. The molecular formula is C11H11N3O3S. The predicted octanol–water partition coefficient (Wildman–Crippen LogP) is 3.11. The van der Waals surface area contributed by atoms with E-state index in [1.54, 1.807) is 12.1 Å². The summed E-state index contributed by atoms with van der Waals surface area (Å²) in [4.78, 5) is 14.5. The van der Waals surface area contributed by atoms with E-state index in [0.717, 1.165) is 17.1 Å². The van der Waals surface area contributed by atoms with Crippen molar-refractivity contribution in [1.29, 1.82) is 0 Å². The molecule has 0 saturated carbocycles. The van der Waals surface area contributed by atoms with Crippen LogP contribution in [0.4, 0.5) is 5.69 Å². The van der Waals surface area contributed by atoms with Crippen LogP contribution in [0.5, 0.6) is 10.9 Å². The second-order valence-electron chi connectivity index (χ2n) is 3.66. The molecule has 0 amide bonds. The van der Waals surface area contributed by atoms with Crippen LogP contribution in [0.25, 0.3) is 0 Å². The van der Waals surface area contributed by atoms with Crippen LogP contribution in [-0.2, 0) is 6.42 Å². The third-order valence-corrected chi connectivity index (χ3v) is 2.91. The van der Waals surface area contributed by atoms with Crippen LogP contribution in [0, 0.1) is 17.0 Å². The summed E-state index contributed by atoms with van der Waals surface area (Å²) in [6.07, 6.45) is 0.704. The second-order valence-corrected chi connectivity index (χ2v) is 4.37. The van der Waals surface area contributed by atoms with E-state index < -0.39 is 4.92 Å². The summed E-state index contributed by atoms with van der Waals surface area (Å²) in [5, 5.41) is 11.2. The molecule has 0 aliphatic heterocycles. The molecule has 1 heterocycles. The van der Waals surface area contributed by atoms with E-state index in [9.17, 15) is 10.1 Å². The minimum absolute atomic E-state index is 0.0751. The number of rotatable bonds is 4. The maximum absolute atomic E-state index is 10.9. The summed E-state index contributed by atoms with van der Waals surface area (Å²) >= 11 is 1.09. The summed E-state index contributed by atoms with van der Waals surface area (Å²) in [6, 6.07) is 4.71. The Kier molecular flexibility index (Phi) is 3.52. The van der Waals surface area contributed by atoms with E-state index >= 15 is 0 Å². The van der Waals surface area contributed by atoms with Gasteiger partial charge in [-0.3, -0.25) is 10.1 Å². The monoisotopic (exact) mass is 265 g/mol. The maximum Gasteiger partial charge on any atom is 0.311 e. The van der Waals surface area contributed by atoms with Gasteiger partial charge in [0.25, 0.3) is 5.19 Å². The van der Waals surface area contributed by atoms with Crippen LogP contribution in [0.15, 0.2) is 18.2 Å². The molecule has 0 fully saturated rings. The number of nitro groups is 1. The number of nitrogens with zero attached hydrogens (tertiary/aromatic N) is 3. The van der Waals surface area contributed by atoms with Crippen LogP contribution < -0.4 is 4.74 Å². The molecule has 1 aromatic heterocycles. The summed E-state index contributed by atoms with van der Waals surface area (Å²) < 4.78 is 9.50. The van der Waals surface area contributed by atoms with Gasteiger partial charge >= 0.3 is 5.69 Å². The molecule has 2 rings (SSSR count). The number of hydrogen-bond donors (Lipinski definition) is 0. The minimum Gasteiger partial charge on any atom is -0.422 e. The maximum atomic E-state index is 10.9. The highest BCUT2D eigenvalue weighted by atomic mass is 32.1. The SMILES string of the molecule is CCc1nsc(Oc2cc(C)ccc2[N+](=O)[O-])n1. The fraction of sp³-hybridized carbons (Fsp3) is 0.273. The Balaban J connectivity index is 2.32. The number of aromatic nitrogens is 2. The Morgan fingerprint density at radius 1 is 1.50 bits per heavy atom. The zero-order chi connectivity index (χ0) is 13.1. The number of aryl methyl sites for hydroxylation is 2. The highest BCUT2D eigenvalue weighted by molar-refractivity contribution is 7.07. The molecule has 0 saturated heterocycles. The summed E-state index contributed by atoms with van der Waals surface area (Å²) in [7, 11) is 0. The minimum atomic E-state index is -0.476. The first-order valence-electron chi connectivity index (χ1n) is 5.35. The van der Waals surface area contributed by atoms with Crippen LogP contribution in [0.1, 0.15) is 18.3 Å². The smallest absolute Gasteiger partial charge is 0.311 e. The van der Waals surface area contributed by atoms with Gasteiger partial charge in [0.05, 0.1) is 4.92 Å². The highest BCUT2D eigenvalue weighted by Gasteiger charge is 2.17. The summed E-state index contributed by atoms with van der Waals surface area (Å²) in [5.74, 6) is 0.865. The number of benzene rings is 1. The Morgan fingerprint density at radius 3 is 2.89 bits per heavy atom. The summed E-state index contributed by atoms with van der Waals surface area (Å²) in [6.45, 7) is 3.77. The van der Waals surface area contributed by atoms with Gasteiger partial charge in [0, 0.05) is 24.0 Å². The first-order valence-corrected chi connectivity index (χ1v) is 6.13. The molecular weight excluding hydrogens is 254 g/mol. The van der Waals surface area contributed by atoms with E-state index in [1.165, 1.54) is 6.07 Å². The number of hydrogen-bond acceptors (Lipinski definition) is 6. The van der Waals surface area contributed by atoms with Crippen LogP contribution in [0.2, 0.25) is 0 Å². The number of ether oxygens (including phenoxy) is 1. The van der Waals surface area contributed by atoms with Crippen molar-refractivity contribution in [3.63, 3.8) is 0 Å². The molecule has 0 radical (unpaired) electrons. The molecule has 0 spiro atoms. The van der Waals surface area contributed by atoms with Gasteiger partial charge in [0.15, 0.2) is 0 Å². The molecule has 6 nitrogen and oxygen atoms in total. The van der Waals surface area contributed by atoms with Crippen molar-refractivity contribution in [1.82, 2.24) is 9.36 Å². The quantitative estimate of drug-likeness (QED) is 0.627. The van der Waals surface area contributed by atoms with Crippen molar-refractivity contribution in [3.05, 3.63) is 39.7 Å². The first kappa shape index (κ1) is 12.4. The largest absolute Gasteiger partial charge is 0.422 e. The van der Waals surface area contributed by atoms with Gasteiger partial charge in [0.1, 0.15) is 5.82 Å². The Morgan fingerprint density at radius 2 is 2.28 bits per heavy atom. The van der Waals surface area contributed by atoms with Gasteiger partial charge < -0.3 is 4.74 Å². The van der Waals surface area contributed by atoms with Gasteiger partial charge in [-0.1, -0.05) is 13.0 Å². The molecule has 0 aliphatic carbocycles. The molecule has 0 unspecified atom stereocenters. The standard InChI is InChI=1S/C11H11N3O3S/c1-3-10-12-11(18-13-10)17-9-6-7(2)4-5-8(9)14(15)16/h4-6H,3H2,1-2H3. The van der Waals surface area contributed by atoms with Crippen LogP contribution in [-0.4, -0.2) is 14.3 Å². The van der Waals surface area contributed by atoms with E-state index in [2.05, 4.69) is 9.36 Å². The van der Waals surface area contributed by atoms with Gasteiger partial charge in [-0.15, -0.1) is 0 Å². The van der Waals surface area contributed by atoms with Gasteiger partial charge in [-0.2, -0.15) is 9.36 Å². The molecule has 1 aromatic carbocycles. The fourth-order valence-corrected chi connectivity index (χ4v) is 2.00. The summed E-state index contributed by atoms with van der Waals surface area (Å²) in [5.41, 5.74) is 0.810. The molecule has 7 heteroatoms. The van der Waals surface area contributed by atoms with Gasteiger partial charge in [-0.05, 0) is 18.6 Å². The average Bonchev–Trinajstić information content (AvgIpc) is 2.76. The van der Waals surface area contributed by atoms with Crippen LogP contribution in [0.3, 0.4) is 0 Å². The molecule has 0 N–H and O–H groups in total. The fourth-order valence-electron chi connectivity index (χ4n) is 1.37.